The van der Waals surface area contributed by atoms with Gasteiger partial charge in [-0.15, -0.1) is 0 Å². The Balaban J connectivity index is 1.80. The fourth-order valence-electron chi connectivity index (χ4n) is 3.34. The molecular formula is C14H28N2O. The minimum absolute atomic E-state index is 0.359. The molecule has 1 saturated carbocycles. The molecule has 0 bridgehead atoms. The molecule has 0 aromatic carbocycles. The topological polar surface area (TPSA) is 35.5 Å². The maximum Gasteiger partial charge on any atom is 0.0474 e. The van der Waals surface area contributed by atoms with Crippen LogP contribution in [-0.4, -0.2) is 47.8 Å². The van der Waals surface area contributed by atoms with Crippen LogP contribution in [0.1, 0.15) is 46.0 Å². The molecule has 1 aliphatic heterocycles. The molecule has 3 heteroatoms. The molecule has 0 amide bonds. The molecule has 0 aromatic heterocycles. The lowest BCUT2D eigenvalue weighted by Crippen LogP contribution is -2.46. The van der Waals surface area contributed by atoms with Crippen molar-refractivity contribution < 1.29 is 5.11 Å². The summed E-state index contributed by atoms with van der Waals surface area (Å²) in [4.78, 5) is 2.55. The van der Waals surface area contributed by atoms with Gasteiger partial charge < -0.3 is 10.4 Å². The number of rotatable bonds is 4. The lowest BCUT2D eigenvalue weighted by molar-refractivity contribution is 0.145. The molecule has 17 heavy (non-hydrogen) atoms. The SMILES string of the molecule is CC(C)N1CCC(NC2CCCCC2CO)C1. The summed E-state index contributed by atoms with van der Waals surface area (Å²) in [5, 5.41) is 13.2. The molecule has 2 rings (SSSR count). The van der Waals surface area contributed by atoms with E-state index >= 15 is 0 Å². The molecule has 1 heterocycles. The van der Waals surface area contributed by atoms with Crippen LogP contribution in [0.15, 0.2) is 0 Å². The molecule has 2 aliphatic rings. The largest absolute Gasteiger partial charge is 0.396 e. The van der Waals surface area contributed by atoms with Crippen molar-refractivity contribution in [2.24, 2.45) is 5.92 Å². The van der Waals surface area contributed by atoms with Gasteiger partial charge in [-0.2, -0.15) is 0 Å². The summed E-state index contributed by atoms with van der Waals surface area (Å²) >= 11 is 0. The Kier molecular flexibility index (Phi) is 4.83. The first-order valence-electron chi connectivity index (χ1n) is 7.31. The highest BCUT2D eigenvalue weighted by atomic mass is 16.3. The van der Waals surface area contributed by atoms with E-state index in [0.717, 1.165) is 0 Å². The minimum Gasteiger partial charge on any atom is -0.396 e. The van der Waals surface area contributed by atoms with Crippen molar-refractivity contribution in [3.05, 3.63) is 0 Å². The lowest BCUT2D eigenvalue weighted by atomic mass is 9.84. The molecule has 1 aliphatic carbocycles. The van der Waals surface area contributed by atoms with Crippen molar-refractivity contribution >= 4 is 0 Å². The predicted octanol–water partition coefficient (Wildman–Crippen LogP) is 1.61. The van der Waals surface area contributed by atoms with Crippen LogP contribution in [0.3, 0.4) is 0 Å². The Morgan fingerprint density at radius 1 is 1.24 bits per heavy atom. The van der Waals surface area contributed by atoms with Gasteiger partial charge in [0.05, 0.1) is 0 Å². The second-order valence-corrected chi connectivity index (χ2v) is 6.07. The summed E-state index contributed by atoms with van der Waals surface area (Å²) in [7, 11) is 0. The van der Waals surface area contributed by atoms with Gasteiger partial charge in [0.15, 0.2) is 0 Å². The molecule has 2 N–H and O–H groups in total. The lowest BCUT2D eigenvalue weighted by Gasteiger charge is -2.33. The van der Waals surface area contributed by atoms with Crippen LogP contribution in [0.5, 0.6) is 0 Å². The first kappa shape index (κ1) is 13.3. The maximum atomic E-state index is 9.43. The number of hydrogen-bond donors (Lipinski definition) is 2. The van der Waals surface area contributed by atoms with Gasteiger partial charge in [-0.1, -0.05) is 12.8 Å². The van der Waals surface area contributed by atoms with E-state index in [9.17, 15) is 5.11 Å². The van der Waals surface area contributed by atoms with E-state index < -0.39 is 0 Å². The summed E-state index contributed by atoms with van der Waals surface area (Å²) in [6.45, 7) is 7.33. The van der Waals surface area contributed by atoms with Crippen LogP contribution in [0, 0.1) is 5.92 Å². The molecule has 3 unspecified atom stereocenters. The van der Waals surface area contributed by atoms with Crippen LogP contribution < -0.4 is 5.32 Å². The number of aliphatic hydroxyl groups is 1. The van der Waals surface area contributed by atoms with E-state index in [1.807, 2.05) is 0 Å². The first-order chi connectivity index (χ1) is 8.20. The zero-order valence-corrected chi connectivity index (χ0v) is 11.4. The summed E-state index contributed by atoms with van der Waals surface area (Å²) in [6, 6.07) is 1.88. The molecule has 3 nitrogen and oxygen atoms in total. The Bertz CT molecular complexity index is 232. The standard InChI is InChI=1S/C14H28N2O/c1-11(2)16-8-7-13(9-16)15-14-6-4-3-5-12(14)10-17/h11-15,17H,3-10H2,1-2H3. The van der Waals surface area contributed by atoms with Gasteiger partial charge >= 0.3 is 0 Å². The third kappa shape index (κ3) is 3.43. The second-order valence-electron chi connectivity index (χ2n) is 6.07. The Morgan fingerprint density at radius 2 is 2.00 bits per heavy atom. The molecule has 3 atom stereocenters. The first-order valence-corrected chi connectivity index (χ1v) is 7.31. The minimum atomic E-state index is 0.359. The van der Waals surface area contributed by atoms with Crippen LogP contribution in [0.25, 0.3) is 0 Å². The zero-order chi connectivity index (χ0) is 12.3. The van der Waals surface area contributed by atoms with Gasteiger partial charge in [0.25, 0.3) is 0 Å². The van der Waals surface area contributed by atoms with E-state index in [4.69, 9.17) is 0 Å². The quantitative estimate of drug-likeness (QED) is 0.783. The van der Waals surface area contributed by atoms with Crippen LogP contribution in [0.2, 0.25) is 0 Å². The predicted molar refractivity (Wildman–Crippen MR) is 71.1 cm³/mol. The van der Waals surface area contributed by atoms with Crippen molar-refractivity contribution in [2.45, 2.75) is 64.1 Å². The van der Waals surface area contributed by atoms with E-state index in [2.05, 4.69) is 24.1 Å². The summed E-state index contributed by atoms with van der Waals surface area (Å²) in [5.74, 6) is 0.497. The molecule has 0 radical (unpaired) electrons. The van der Waals surface area contributed by atoms with Crippen LogP contribution >= 0.6 is 0 Å². The number of hydrogen-bond acceptors (Lipinski definition) is 3. The summed E-state index contributed by atoms with van der Waals surface area (Å²) in [6.07, 6.45) is 6.35. The van der Waals surface area contributed by atoms with Gasteiger partial charge in [0.2, 0.25) is 0 Å². The average molecular weight is 240 g/mol. The fraction of sp³-hybridized carbons (Fsp3) is 1.00. The number of aliphatic hydroxyl groups excluding tert-OH is 1. The van der Waals surface area contributed by atoms with Crippen molar-refractivity contribution in [1.82, 2.24) is 10.2 Å². The highest BCUT2D eigenvalue weighted by Gasteiger charge is 2.30. The van der Waals surface area contributed by atoms with Gasteiger partial charge in [-0.25, -0.2) is 0 Å². The number of nitrogens with zero attached hydrogens (tertiary/aromatic N) is 1. The Labute approximate surface area is 106 Å². The Morgan fingerprint density at radius 3 is 2.65 bits per heavy atom. The van der Waals surface area contributed by atoms with Crippen LogP contribution in [0.4, 0.5) is 0 Å². The summed E-state index contributed by atoms with van der Waals surface area (Å²) in [5.41, 5.74) is 0. The van der Waals surface area contributed by atoms with Crippen LogP contribution in [-0.2, 0) is 0 Å². The highest BCUT2D eigenvalue weighted by molar-refractivity contribution is 4.88. The second kappa shape index (κ2) is 6.17. The average Bonchev–Trinajstić information content (AvgIpc) is 2.78. The van der Waals surface area contributed by atoms with Crippen molar-refractivity contribution in [3.63, 3.8) is 0 Å². The summed E-state index contributed by atoms with van der Waals surface area (Å²) < 4.78 is 0. The molecular weight excluding hydrogens is 212 g/mol. The van der Waals surface area contributed by atoms with Crippen molar-refractivity contribution in [1.29, 1.82) is 0 Å². The van der Waals surface area contributed by atoms with E-state index in [-0.39, 0.29) is 0 Å². The van der Waals surface area contributed by atoms with Gasteiger partial charge in [-0.05, 0) is 45.6 Å². The van der Waals surface area contributed by atoms with Gasteiger partial charge in [0, 0.05) is 31.3 Å². The molecule has 2 fully saturated rings. The highest BCUT2D eigenvalue weighted by Crippen LogP contribution is 2.25. The third-order valence-corrected chi connectivity index (χ3v) is 4.54. The Hall–Kier alpha value is -0.120. The van der Waals surface area contributed by atoms with E-state index in [1.165, 1.54) is 45.2 Å². The molecule has 0 spiro atoms. The van der Waals surface area contributed by atoms with Crippen molar-refractivity contribution in [2.75, 3.05) is 19.7 Å². The zero-order valence-electron chi connectivity index (χ0n) is 11.4. The maximum absolute atomic E-state index is 9.43. The molecule has 1 saturated heterocycles. The smallest absolute Gasteiger partial charge is 0.0474 e. The van der Waals surface area contributed by atoms with E-state index in [1.54, 1.807) is 0 Å². The third-order valence-electron chi connectivity index (χ3n) is 4.54. The van der Waals surface area contributed by atoms with E-state index in [0.29, 0.717) is 30.7 Å². The molecule has 100 valence electrons. The molecule has 0 aromatic rings. The number of nitrogens with one attached hydrogen (secondary N) is 1. The van der Waals surface area contributed by atoms with Gasteiger partial charge in [0.1, 0.15) is 0 Å². The monoisotopic (exact) mass is 240 g/mol. The normalized spacial score (nSPS) is 35.6. The fourth-order valence-corrected chi connectivity index (χ4v) is 3.34. The van der Waals surface area contributed by atoms with Gasteiger partial charge in [-0.3, -0.25) is 4.90 Å². The number of likely N-dealkylation sites (tertiary alicyclic amines) is 1. The van der Waals surface area contributed by atoms with Crippen molar-refractivity contribution in [3.8, 4) is 0 Å².